The van der Waals surface area contributed by atoms with E-state index in [1.807, 2.05) is 6.07 Å². The lowest BCUT2D eigenvalue weighted by Crippen LogP contribution is -2.39. The third-order valence-electron chi connectivity index (χ3n) is 3.23. The van der Waals surface area contributed by atoms with Gasteiger partial charge in [0.15, 0.2) is 0 Å². The van der Waals surface area contributed by atoms with E-state index in [9.17, 15) is 8.42 Å². The van der Waals surface area contributed by atoms with E-state index < -0.39 is 10.2 Å². The summed E-state index contributed by atoms with van der Waals surface area (Å²) in [6.07, 6.45) is -0.288. The van der Waals surface area contributed by atoms with Crippen LogP contribution in [0.1, 0.15) is 11.7 Å². The molecule has 6 nitrogen and oxygen atoms in total. The Morgan fingerprint density at radius 3 is 2.73 bits per heavy atom. The Morgan fingerprint density at radius 1 is 1.36 bits per heavy atom. The summed E-state index contributed by atoms with van der Waals surface area (Å²) >= 11 is 12.0. The maximum atomic E-state index is 11.1. The van der Waals surface area contributed by atoms with Crippen LogP contribution in [0.25, 0.3) is 0 Å². The van der Waals surface area contributed by atoms with Crippen molar-refractivity contribution >= 4 is 45.8 Å². The van der Waals surface area contributed by atoms with Crippen molar-refractivity contribution in [1.29, 1.82) is 0 Å². The van der Waals surface area contributed by atoms with Crippen LogP contribution in [0.2, 0.25) is 10.0 Å². The number of nitrogens with two attached hydrogens (primary N) is 1. The molecule has 1 aromatic carbocycles. The molecular formula is C12H18Cl3N3O3S. The van der Waals surface area contributed by atoms with Crippen molar-refractivity contribution in [2.24, 2.45) is 11.1 Å². The van der Waals surface area contributed by atoms with Crippen molar-refractivity contribution in [3.8, 4) is 0 Å². The molecule has 1 saturated heterocycles. The summed E-state index contributed by atoms with van der Waals surface area (Å²) < 4.78 is 30.3. The maximum absolute atomic E-state index is 11.1. The Labute approximate surface area is 146 Å². The fourth-order valence-electron chi connectivity index (χ4n) is 2.25. The van der Waals surface area contributed by atoms with Gasteiger partial charge in [-0.1, -0.05) is 29.3 Å². The molecule has 0 aliphatic carbocycles. The van der Waals surface area contributed by atoms with Gasteiger partial charge < -0.3 is 10.1 Å². The lowest BCUT2D eigenvalue weighted by atomic mass is 9.95. The molecule has 2 atom stereocenters. The molecule has 0 amide bonds. The molecule has 0 radical (unpaired) electrons. The van der Waals surface area contributed by atoms with Crippen LogP contribution >= 0.6 is 35.6 Å². The molecule has 1 fully saturated rings. The predicted molar refractivity (Wildman–Crippen MR) is 89.9 cm³/mol. The second-order valence-corrected chi connectivity index (χ2v) is 7.02. The van der Waals surface area contributed by atoms with Crippen LogP contribution in [-0.2, 0) is 14.9 Å². The van der Waals surface area contributed by atoms with Gasteiger partial charge in [-0.15, -0.1) is 12.4 Å². The first-order valence-electron chi connectivity index (χ1n) is 6.41. The average molecular weight is 391 g/mol. The second kappa shape index (κ2) is 8.65. The zero-order chi connectivity index (χ0) is 15.5. The van der Waals surface area contributed by atoms with E-state index in [1.54, 1.807) is 12.1 Å². The minimum absolute atomic E-state index is 0. The zero-order valence-corrected chi connectivity index (χ0v) is 14.7. The van der Waals surface area contributed by atoms with E-state index in [2.05, 4.69) is 10.0 Å². The fraction of sp³-hybridized carbons (Fsp3) is 0.500. The van der Waals surface area contributed by atoms with Gasteiger partial charge in [-0.25, -0.2) is 9.86 Å². The highest BCUT2D eigenvalue weighted by Gasteiger charge is 2.27. The SMILES string of the molecule is Cl.NS(=O)(=O)NC[C@@H]1CNCCO[C@H]1c1ccc(Cl)c(Cl)c1. The number of hydrogen-bond donors (Lipinski definition) is 3. The van der Waals surface area contributed by atoms with E-state index in [-0.39, 0.29) is 31.0 Å². The quantitative estimate of drug-likeness (QED) is 0.726. The number of hydrogen-bond acceptors (Lipinski definition) is 4. The Hall–Kier alpha value is -0.120. The van der Waals surface area contributed by atoms with Crippen LogP contribution in [0.4, 0.5) is 0 Å². The largest absolute Gasteiger partial charge is 0.372 e. The molecule has 126 valence electrons. The lowest BCUT2D eigenvalue weighted by Gasteiger charge is -2.25. The molecule has 1 aliphatic rings. The molecule has 0 bridgehead atoms. The van der Waals surface area contributed by atoms with Gasteiger partial charge in [-0.2, -0.15) is 8.42 Å². The third kappa shape index (κ3) is 5.82. The van der Waals surface area contributed by atoms with Crippen LogP contribution in [0.5, 0.6) is 0 Å². The van der Waals surface area contributed by atoms with Crippen molar-refractivity contribution < 1.29 is 13.2 Å². The molecule has 22 heavy (non-hydrogen) atoms. The van der Waals surface area contributed by atoms with Crippen molar-refractivity contribution in [2.75, 3.05) is 26.2 Å². The summed E-state index contributed by atoms with van der Waals surface area (Å²) in [5.41, 5.74) is 0.856. The summed E-state index contributed by atoms with van der Waals surface area (Å²) in [5.74, 6) is -0.108. The third-order valence-corrected chi connectivity index (χ3v) is 4.54. The molecule has 10 heteroatoms. The normalized spacial score (nSPS) is 22.7. The van der Waals surface area contributed by atoms with E-state index in [4.69, 9.17) is 33.1 Å². The molecule has 1 aliphatic heterocycles. The number of rotatable bonds is 4. The van der Waals surface area contributed by atoms with Crippen LogP contribution < -0.4 is 15.2 Å². The van der Waals surface area contributed by atoms with Crippen LogP contribution in [0, 0.1) is 5.92 Å². The van der Waals surface area contributed by atoms with Gasteiger partial charge >= 0.3 is 0 Å². The summed E-state index contributed by atoms with van der Waals surface area (Å²) in [5, 5.41) is 9.08. The Bertz CT molecular complexity index is 601. The zero-order valence-electron chi connectivity index (χ0n) is 11.6. The minimum Gasteiger partial charge on any atom is -0.372 e. The highest BCUT2D eigenvalue weighted by atomic mass is 35.5. The molecule has 0 saturated carbocycles. The average Bonchev–Trinajstić information content (AvgIpc) is 2.64. The highest BCUT2D eigenvalue weighted by molar-refractivity contribution is 7.87. The number of nitrogens with one attached hydrogen (secondary N) is 2. The molecule has 0 spiro atoms. The first-order chi connectivity index (χ1) is 9.87. The van der Waals surface area contributed by atoms with Gasteiger partial charge in [-0.3, -0.25) is 0 Å². The van der Waals surface area contributed by atoms with Gasteiger partial charge in [0.2, 0.25) is 0 Å². The number of ether oxygens (including phenoxy) is 1. The van der Waals surface area contributed by atoms with Gasteiger partial charge in [0.25, 0.3) is 10.2 Å². The van der Waals surface area contributed by atoms with Gasteiger partial charge in [0, 0.05) is 25.6 Å². The Balaban J connectivity index is 0.00000242. The fourth-order valence-corrected chi connectivity index (χ4v) is 3.00. The number of halogens is 3. The molecule has 0 unspecified atom stereocenters. The van der Waals surface area contributed by atoms with Gasteiger partial charge in [0.05, 0.1) is 22.8 Å². The van der Waals surface area contributed by atoms with Crippen molar-refractivity contribution in [2.45, 2.75) is 6.10 Å². The monoisotopic (exact) mass is 389 g/mol. The van der Waals surface area contributed by atoms with E-state index >= 15 is 0 Å². The van der Waals surface area contributed by atoms with E-state index in [0.717, 1.165) is 5.56 Å². The summed E-state index contributed by atoms with van der Waals surface area (Å²) in [4.78, 5) is 0. The van der Waals surface area contributed by atoms with Crippen molar-refractivity contribution in [3.05, 3.63) is 33.8 Å². The highest BCUT2D eigenvalue weighted by Crippen LogP contribution is 2.31. The van der Waals surface area contributed by atoms with E-state index in [0.29, 0.717) is 29.7 Å². The molecule has 2 rings (SSSR count). The van der Waals surface area contributed by atoms with Crippen LogP contribution in [0.15, 0.2) is 18.2 Å². The van der Waals surface area contributed by atoms with Crippen molar-refractivity contribution in [3.63, 3.8) is 0 Å². The predicted octanol–water partition coefficient (Wildman–Crippen LogP) is 1.49. The molecule has 4 N–H and O–H groups in total. The molecule has 1 aromatic rings. The first kappa shape index (κ1) is 19.9. The van der Waals surface area contributed by atoms with Gasteiger partial charge in [0.1, 0.15) is 0 Å². The minimum atomic E-state index is -3.74. The van der Waals surface area contributed by atoms with Gasteiger partial charge in [-0.05, 0) is 17.7 Å². The standard InChI is InChI=1S/C12H17Cl2N3O3S.ClH/c13-10-2-1-8(5-11(10)14)12-9(6-16-3-4-20-12)7-17-21(15,18)19;/h1-2,5,9,12,16-17H,3-4,6-7H2,(H2,15,18,19);1H/t9-,12-;/m0./s1. The summed E-state index contributed by atoms with van der Waals surface area (Å²) in [7, 11) is -3.74. The van der Waals surface area contributed by atoms with Crippen molar-refractivity contribution in [1.82, 2.24) is 10.0 Å². The van der Waals surface area contributed by atoms with E-state index in [1.165, 1.54) is 0 Å². The first-order valence-corrected chi connectivity index (χ1v) is 8.71. The number of benzene rings is 1. The maximum Gasteiger partial charge on any atom is 0.274 e. The Kier molecular flexibility index (Phi) is 7.84. The molecular weight excluding hydrogens is 373 g/mol. The molecule has 0 aromatic heterocycles. The topological polar surface area (TPSA) is 93.5 Å². The smallest absolute Gasteiger partial charge is 0.274 e. The molecule has 1 heterocycles. The van der Waals surface area contributed by atoms with Crippen LogP contribution in [-0.4, -0.2) is 34.7 Å². The second-order valence-electron chi connectivity index (χ2n) is 4.82. The Morgan fingerprint density at radius 2 is 2.09 bits per heavy atom. The lowest BCUT2D eigenvalue weighted by molar-refractivity contribution is 0.0322. The summed E-state index contributed by atoms with van der Waals surface area (Å²) in [6, 6.07) is 5.27. The summed E-state index contributed by atoms with van der Waals surface area (Å²) in [6.45, 7) is 2.00. The van der Waals surface area contributed by atoms with Crippen LogP contribution in [0.3, 0.4) is 0 Å².